The topological polar surface area (TPSA) is 37.3 Å². The van der Waals surface area contributed by atoms with Gasteiger partial charge in [0.25, 0.3) is 0 Å². The summed E-state index contributed by atoms with van der Waals surface area (Å²) < 4.78 is 38.5. The Labute approximate surface area is 104 Å². The molecule has 0 aliphatic carbocycles. The highest BCUT2D eigenvalue weighted by atomic mass is 32.1. The Morgan fingerprint density at radius 3 is 2.39 bits per heavy atom. The van der Waals surface area contributed by atoms with Crippen molar-refractivity contribution in [1.82, 2.24) is 0 Å². The Hall–Kier alpha value is -1.82. The molecule has 18 heavy (non-hydrogen) atoms. The minimum atomic E-state index is -4.51. The molecule has 0 unspecified atom stereocenters. The molecule has 0 atom stereocenters. The molecule has 1 aromatic carbocycles. The van der Waals surface area contributed by atoms with Crippen molar-refractivity contribution in [3.05, 3.63) is 46.2 Å². The summed E-state index contributed by atoms with van der Waals surface area (Å²) >= 11 is 0.905. The van der Waals surface area contributed by atoms with Gasteiger partial charge in [0.15, 0.2) is 0 Å². The number of thiophene rings is 1. The number of carboxylic acids is 1. The van der Waals surface area contributed by atoms with Gasteiger partial charge in [0.1, 0.15) is 4.88 Å². The Morgan fingerprint density at radius 1 is 1.11 bits per heavy atom. The number of rotatable bonds is 2. The molecule has 0 spiro atoms. The predicted octanol–water partition coefficient (Wildman–Crippen LogP) is 4.13. The molecule has 6 heteroatoms. The predicted molar refractivity (Wildman–Crippen MR) is 61.7 cm³/mol. The molecule has 94 valence electrons. The molecule has 0 bridgehead atoms. The van der Waals surface area contributed by atoms with E-state index in [0.717, 1.165) is 17.4 Å². The van der Waals surface area contributed by atoms with Gasteiger partial charge in [0.05, 0.1) is 5.56 Å². The fraction of sp³-hybridized carbons (Fsp3) is 0.0833. The maximum absolute atomic E-state index is 12.8. The van der Waals surface area contributed by atoms with E-state index in [-0.39, 0.29) is 16.0 Å². The minimum absolute atomic E-state index is 0.0910. The van der Waals surface area contributed by atoms with E-state index in [1.165, 1.54) is 29.6 Å². The molecule has 1 aromatic heterocycles. The molecule has 2 rings (SSSR count). The van der Waals surface area contributed by atoms with Crippen LogP contribution in [0, 0.1) is 0 Å². The normalized spacial score (nSPS) is 11.5. The molecular weight excluding hydrogens is 265 g/mol. The van der Waals surface area contributed by atoms with Crippen molar-refractivity contribution in [3.63, 3.8) is 0 Å². The average molecular weight is 272 g/mol. The van der Waals surface area contributed by atoms with Gasteiger partial charge < -0.3 is 5.11 Å². The lowest BCUT2D eigenvalue weighted by Gasteiger charge is -2.12. The van der Waals surface area contributed by atoms with Crippen molar-refractivity contribution in [2.24, 2.45) is 0 Å². The van der Waals surface area contributed by atoms with Gasteiger partial charge in [0, 0.05) is 5.56 Å². The summed E-state index contributed by atoms with van der Waals surface area (Å²) in [4.78, 5) is 10.9. The average Bonchev–Trinajstić information content (AvgIpc) is 2.76. The summed E-state index contributed by atoms with van der Waals surface area (Å²) in [6.45, 7) is 0. The van der Waals surface area contributed by atoms with Gasteiger partial charge in [-0.25, -0.2) is 4.79 Å². The highest BCUT2D eigenvalue weighted by Gasteiger charge is 2.34. The van der Waals surface area contributed by atoms with Crippen LogP contribution in [0.2, 0.25) is 0 Å². The van der Waals surface area contributed by atoms with Gasteiger partial charge in [-0.3, -0.25) is 0 Å². The fourth-order valence-corrected chi connectivity index (χ4v) is 2.40. The van der Waals surface area contributed by atoms with E-state index >= 15 is 0 Å². The Morgan fingerprint density at radius 2 is 1.78 bits per heavy atom. The summed E-state index contributed by atoms with van der Waals surface area (Å²) in [5.74, 6) is -1.23. The van der Waals surface area contributed by atoms with E-state index < -0.39 is 17.7 Å². The number of alkyl halides is 3. The lowest BCUT2D eigenvalue weighted by atomic mass is 10.00. The molecule has 0 fully saturated rings. The van der Waals surface area contributed by atoms with Crippen molar-refractivity contribution in [2.45, 2.75) is 6.18 Å². The van der Waals surface area contributed by atoms with Crippen LogP contribution in [0.4, 0.5) is 13.2 Å². The van der Waals surface area contributed by atoms with Crippen LogP contribution in [0.1, 0.15) is 15.2 Å². The molecule has 0 aliphatic heterocycles. The molecule has 0 amide bonds. The van der Waals surface area contributed by atoms with E-state index in [1.807, 2.05) is 0 Å². The summed E-state index contributed by atoms with van der Waals surface area (Å²) in [7, 11) is 0. The van der Waals surface area contributed by atoms with Crippen LogP contribution in [-0.2, 0) is 6.18 Å². The first-order chi connectivity index (χ1) is 8.41. The summed E-state index contributed by atoms with van der Waals surface area (Å²) in [6, 6.07) is 6.33. The van der Waals surface area contributed by atoms with Gasteiger partial charge in [-0.2, -0.15) is 13.2 Å². The van der Waals surface area contributed by atoms with Crippen LogP contribution < -0.4 is 0 Å². The number of hydrogen-bond donors (Lipinski definition) is 1. The van der Waals surface area contributed by atoms with E-state index in [4.69, 9.17) is 5.11 Å². The minimum Gasteiger partial charge on any atom is -0.477 e. The highest BCUT2D eigenvalue weighted by Crippen LogP contribution is 2.39. The van der Waals surface area contributed by atoms with Crippen molar-refractivity contribution >= 4 is 17.3 Å². The van der Waals surface area contributed by atoms with Crippen molar-refractivity contribution in [3.8, 4) is 11.1 Å². The third kappa shape index (κ3) is 2.24. The second kappa shape index (κ2) is 4.45. The lowest BCUT2D eigenvalue weighted by molar-refractivity contribution is -0.137. The number of carbonyl (C=O) groups is 1. The van der Waals surface area contributed by atoms with Crippen LogP contribution >= 0.6 is 11.3 Å². The first-order valence-electron chi connectivity index (χ1n) is 4.88. The molecular formula is C12H7F3O2S. The Balaban J connectivity index is 2.65. The van der Waals surface area contributed by atoms with E-state index in [9.17, 15) is 18.0 Å². The van der Waals surface area contributed by atoms with E-state index in [1.54, 1.807) is 0 Å². The van der Waals surface area contributed by atoms with Crippen LogP contribution in [0.3, 0.4) is 0 Å². The SMILES string of the molecule is O=C(O)c1sccc1-c1ccccc1C(F)(F)F. The maximum Gasteiger partial charge on any atom is 0.417 e. The van der Waals surface area contributed by atoms with Gasteiger partial charge in [-0.15, -0.1) is 11.3 Å². The lowest BCUT2D eigenvalue weighted by Crippen LogP contribution is -2.07. The fourth-order valence-electron chi connectivity index (χ4n) is 1.65. The van der Waals surface area contributed by atoms with Crippen LogP contribution in [0.25, 0.3) is 11.1 Å². The molecule has 2 nitrogen and oxygen atoms in total. The van der Waals surface area contributed by atoms with Crippen LogP contribution in [0.15, 0.2) is 35.7 Å². The summed E-state index contributed by atoms with van der Waals surface area (Å²) in [6.07, 6.45) is -4.51. The summed E-state index contributed by atoms with van der Waals surface area (Å²) in [5, 5.41) is 10.4. The highest BCUT2D eigenvalue weighted by molar-refractivity contribution is 7.12. The first-order valence-corrected chi connectivity index (χ1v) is 5.76. The molecule has 0 saturated heterocycles. The second-order valence-electron chi connectivity index (χ2n) is 3.51. The third-order valence-electron chi connectivity index (χ3n) is 2.38. The number of aromatic carboxylic acids is 1. The van der Waals surface area contributed by atoms with E-state index in [2.05, 4.69) is 0 Å². The molecule has 1 N–H and O–H groups in total. The molecule has 0 aliphatic rings. The smallest absolute Gasteiger partial charge is 0.417 e. The van der Waals surface area contributed by atoms with Gasteiger partial charge >= 0.3 is 12.1 Å². The molecule has 1 heterocycles. The standard InChI is InChI=1S/C12H7F3O2S/c13-12(14,15)9-4-2-1-3-7(9)8-5-6-18-10(8)11(16)17/h1-6H,(H,16,17). The molecule has 0 radical (unpaired) electrons. The number of benzene rings is 1. The third-order valence-corrected chi connectivity index (χ3v) is 3.28. The zero-order chi connectivity index (χ0) is 13.3. The zero-order valence-electron chi connectivity index (χ0n) is 8.86. The number of carboxylic acid groups (broad SMARTS) is 1. The largest absolute Gasteiger partial charge is 0.477 e. The van der Waals surface area contributed by atoms with Gasteiger partial charge in [-0.05, 0) is 23.1 Å². The van der Waals surface area contributed by atoms with Gasteiger partial charge in [0.2, 0.25) is 0 Å². The Bertz CT molecular complexity index is 587. The van der Waals surface area contributed by atoms with Crippen LogP contribution in [0.5, 0.6) is 0 Å². The van der Waals surface area contributed by atoms with E-state index in [0.29, 0.717) is 0 Å². The molecule has 0 saturated carbocycles. The van der Waals surface area contributed by atoms with Crippen molar-refractivity contribution < 1.29 is 23.1 Å². The van der Waals surface area contributed by atoms with Crippen LogP contribution in [-0.4, -0.2) is 11.1 Å². The molecule has 2 aromatic rings. The summed E-state index contributed by atoms with van der Waals surface area (Å²) in [5.41, 5.74) is -0.838. The van der Waals surface area contributed by atoms with Crippen molar-refractivity contribution in [1.29, 1.82) is 0 Å². The monoisotopic (exact) mass is 272 g/mol. The quantitative estimate of drug-likeness (QED) is 0.892. The number of halogens is 3. The Kier molecular flexibility index (Phi) is 3.13. The van der Waals surface area contributed by atoms with Crippen molar-refractivity contribution in [2.75, 3.05) is 0 Å². The zero-order valence-corrected chi connectivity index (χ0v) is 9.68. The maximum atomic E-state index is 12.8. The first kappa shape index (κ1) is 12.6. The number of hydrogen-bond acceptors (Lipinski definition) is 2. The second-order valence-corrected chi connectivity index (χ2v) is 4.43. The van der Waals surface area contributed by atoms with Gasteiger partial charge in [-0.1, -0.05) is 18.2 Å².